The molecule has 0 saturated carbocycles. The van der Waals surface area contributed by atoms with Crippen molar-refractivity contribution in [2.45, 2.75) is 9.79 Å². The number of nitrogens with zero attached hydrogens (tertiary/aromatic N) is 3. The molecular formula is C23H16N3O4S2. The molecule has 1 radical (unpaired) electrons. The minimum absolute atomic E-state index is 0.0760. The van der Waals surface area contributed by atoms with Gasteiger partial charge in [-0.15, -0.1) is 0 Å². The lowest BCUT2D eigenvalue weighted by molar-refractivity contribution is 0.587. The van der Waals surface area contributed by atoms with Crippen molar-refractivity contribution in [2.75, 3.05) is 0 Å². The van der Waals surface area contributed by atoms with E-state index in [0.717, 1.165) is 7.94 Å². The SMILES string of the molecule is O=S(=O)(c1ccccc1)n1c[c]nc1-c1cn(S(=O)(=O)c2ccccc2)c2ccccc12. The van der Waals surface area contributed by atoms with Crippen LogP contribution in [0.25, 0.3) is 22.3 Å². The Kier molecular flexibility index (Phi) is 4.72. The molecule has 0 bridgehead atoms. The zero-order valence-corrected chi connectivity index (χ0v) is 18.2. The zero-order chi connectivity index (χ0) is 22.3. The summed E-state index contributed by atoms with van der Waals surface area (Å²) in [5.41, 5.74) is 0.777. The number of hydrogen-bond donors (Lipinski definition) is 0. The average molecular weight is 463 g/mol. The molecular weight excluding hydrogens is 446 g/mol. The van der Waals surface area contributed by atoms with E-state index in [1.165, 1.54) is 36.7 Å². The maximum atomic E-state index is 13.3. The number of imidazole rings is 1. The van der Waals surface area contributed by atoms with Gasteiger partial charge in [-0.05, 0) is 30.3 Å². The van der Waals surface area contributed by atoms with Gasteiger partial charge in [0.05, 0.1) is 21.5 Å². The molecule has 0 N–H and O–H groups in total. The van der Waals surface area contributed by atoms with E-state index in [1.54, 1.807) is 60.7 Å². The Balaban J connectivity index is 1.75. The maximum Gasteiger partial charge on any atom is 0.269 e. The van der Waals surface area contributed by atoms with Crippen molar-refractivity contribution in [2.24, 2.45) is 0 Å². The molecule has 0 aliphatic heterocycles. The Morgan fingerprint density at radius 1 is 0.656 bits per heavy atom. The van der Waals surface area contributed by atoms with E-state index in [-0.39, 0.29) is 15.6 Å². The summed E-state index contributed by atoms with van der Waals surface area (Å²) in [5.74, 6) is 0.0760. The summed E-state index contributed by atoms with van der Waals surface area (Å²) in [6, 6.07) is 22.9. The monoisotopic (exact) mass is 462 g/mol. The molecule has 7 nitrogen and oxygen atoms in total. The van der Waals surface area contributed by atoms with Gasteiger partial charge in [0.25, 0.3) is 20.0 Å². The highest BCUT2D eigenvalue weighted by Gasteiger charge is 2.26. The third kappa shape index (κ3) is 3.14. The fraction of sp³-hybridized carbons (Fsp3) is 0. The standard InChI is InChI=1S/C23H16N3O4S2/c27-31(28,18-9-3-1-4-10-18)25-16-15-24-23(25)21-17-26(22-14-8-7-13-20(21)22)32(29,30)19-11-5-2-6-12-19/h1-14,16-17H. The van der Waals surface area contributed by atoms with E-state index < -0.39 is 20.0 Å². The van der Waals surface area contributed by atoms with Crippen LogP contribution in [0.2, 0.25) is 0 Å². The summed E-state index contributed by atoms with van der Waals surface area (Å²) >= 11 is 0. The summed E-state index contributed by atoms with van der Waals surface area (Å²) < 4.78 is 55.3. The van der Waals surface area contributed by atoms with E-state index in [0.29, 0.717) is 16.5 Å². The topological polar surface area (TPSA) is 91.0 Å². The molecule has 3 aromatic carbocycles. The summed E-state index contributed by atoms with van der Waals surface area (Å²) in [4.78, 5) is 4.36. The number of rotatable bonds is 5. The largest absolute Gasteiger partial charge is 0.269 e. The third-order valence-corrected chi connectivity index (χ3v) is 8.43. The smallest absolute Gasteiger partial charge is 0.240 e. The molecule has 0 atom stereocenters. The van der Waals surface area contributed by atoms with Crippen molar-refractivity contribution >= 4 is 30.9 Å². The third-order valence-electron chi connectivity index (χ3n) is 5.07. The van der Waals surface area contributed by atoms with E-state index in [4.69, 9.17) is 0 Å². The minimum Gasteiger partial charge on any atom is -0.240 e. The van der Waals surface area contributed by atoms with Crippen LogP contribution >= 0.6 is 0 Å². The molecule has 2 heterocycles. The Hall–Kier alpha value is -3.69. The highest BCUT2D eigenvalue weighted by Crippen LogP contribution is 2.33. The first-order valence-electron chi connectivity index (χ1n) is 9.58. The van der Waals surface area contributed by atoms with E-state index in [9.17, 15) is 16.8 Å². The zero-order valence-electron chi connectivity index (χ0n) is 16.5. The van der Waals surface area contributed by atoms with E-state index in [2.05, 4.69) is 11.2 Å². The molecule has 9 heteroatoms. The van der Waals surface area contributed by atoms with E-state index in [1.807, 2.05) is 0 Å². The second kappa shape index (κ2) is 7.47. The Morgan fingerprint density at radius 3 is 1.81 bits per heavy atom. The van der Waals surface area contributed by atoms with Crippen LogP contribution in [0.5, 0.6) is 0 Å². The van der Waals surface area contributed by atoms with Gasteiger partial charge in [-0.25, -0.2) is 29.8 Å². The summed E-state index contributed by atoms with van der Waals surface area (Å²) in [6.45, 7) is 0. The van der Waals surface area contributed by atoms with Crippen molar-refractivity contribution in [3.8, 4) is 11.4 Å². The van der Waals surface area contributed by atoms with Crippen molar-refractivity contribution < 1.29 is 16.8 Å². The predicted molar refractivity (Wildman–Crippen MR) is 120 cm³/mol. The molecule has 0 aliphatic rings. The highest BCUT2D eigenvalue weighted by atomic mass is 32.2. The van der Waals surface area contributed by atoms with Gasteiger partial charge < -0.3 is 0 Å². The highest BCUT2D eigenvalue weighted by molar-refractivity contribution is 7.90. The Bertz CT molecular complexity index is 1640. The van der Waals surface area contributed by atoms with Gasteiger partial charge in [0.15, 0.2) is 5.82 Å². The lowest BCUT2D eigenvalue weighted by Gasteiger charge is -2.08. The molecule has 0 spiro atoms. The fourth-order valence-corrected chi connectivity index (χ4v) is 6.23. The first kappa shape index (κ1) is 20.2. The van der Waals surface area contributed by atoms with Crippen LogP contribution in [0.15, 0.2) is 107 Å². The van der Waals surface area contributed by atoms with Crippen molar-refractivity contribution in [1.29, 1.82) is 0 Å². The van der Waals surface area contributed by atoms with Crippen molar-refractivity contribution in [1.82, 2.24) is 12.9 Å². The predicted octanol–water partition coefficient (Wildman–Crippen LogP) is 3.78. The van der Waals surface area contributed by atoms with Crippen molar-refractivity contribution in [3.05, 3.63) is 104 Å². The number of benzene rings is 3. The summed E-state index contributed by atoms with van der Waals surface area (Å²) in [6.07, 6.45) is 5.23. The van der Waals surface area contributed by atoms with Crippen LogP contribution in [0, 0.1) is 6.20 Å². The lowest BCUT2D eigenvalue weighted by atomic mass is 10.2. The van der Waals surface area contributed by atoms with Gasteiger partial charge in [-0.3, -0.25) is 0 Å². The molecule has 0 fully saturated rings. The van der Waals surface area contributed by atoms with Crippen LogP contribution in [0.1, 0.15) is 0 Å². The number of hydrogen-bond acceptors (Lipinski definition) is 5. The molecule has 32 heavy (non-hydrogen) atoms. The number of fused-ring (bicyclic) bond motifs is 1. The second-order valence-electron chi connectivity index (χ2n) is 6.98. The molecule has 2 aromatic heterocycles. The Morgan fingerprint density at radius 2 is 1.19 bits per heavy atom. The second-order valence-corrected chi connectivity index (χ2v) is 10.6. The average Bonchev–Trinajstić information content (AvgIpc) is 3.46. The number of para-hydroxylation sites is 1. The molecule has 0 aliphatic carbocycles. The van der Waals surface area contributed by atoms with Gasteiger partial charge in [-0.2, -0.15) is 0 Å². The maximum absolute atomic E-state index is 13.3. The van der Waals surface area contributed by atoms with Crippen LogP contribution in [0.3, 0.4) is 0 Å². The van der Waals surface area contributed by atoms with Crippen LogP contribution in [-0.4, -0.2) is 29.8 Å². The van der Waals surface area contributed by atoms with E-state index >= 15 is 0 Å². The molecule has 0 saturated heterocycles. The van der Waals surface area contributed by atoms with Gasteiger partial charge in [0.1, 0.15) is 6.20 Å². The molecule has 0 unspecified atom stereocenters. The molecule has 0 amide bonds. The Labute approximate surface area is 185 Å². The van der Waals surface area contributed by atoms with Crippen LogP contribution in [0.4, 0.5) is 0 Å². The minimum atomic E-state index is -3.96. The quantitative estimate of drug-likeness (QED) is 0.396. The lowest BCUT2D eigenvalue weighted by Crippen LogP contribution is -2.13. The summed E-state index contributed by atoms with van der Waals surface area (Å²) in [5, 5.41) is 0.552. The van der Waals surface area contributed by atoms with Crippen LogP contribution < -0.4 is 0 Å². The van der Waals surface area contributed by atoms with Gasteiger partial charge in [0.2, 0.25) is 0 Å². The van der Waals surface area contributed by atoms with Crippen LogP contribution in [-0.2, 0) is 20.0 Å². The number of aromatic nitrogens is 3. The fourth-order valence-electron chi connectivity index (χ4n) is 3.55. The summed E-state index contributed by atoms with van der Waals surface area (Å²) in [7, 11) is -7.87. The first-order valence-corrected chi connectivity index (χ1v) is 12.5. The molecule has 5 rings (SSSR count). The molecule has 159 valence electrons. The van der Waals surface area contributed by atoms with Gasteiger partial charge in [-0.1, -0.05) is 54.6 Å². The first-order chi connectivity index (χ1) is 15.4. The van der Waals surface area contributed by atoms with Gasteiger partial charge in [0, 0.05) is 17.1 Å². The van der Waals surface area contributed by atoms with Gasteiger partial charge >= 0.3 is 0 Å². The molecule has 5 aromatic rings. The normalized spacial score (nSPS) is 12.2. The van der Waals surface area contributed by atoms with Crippen molar-refractivity contribution in [3.63, 3.8) is 0 Å².